The predicted molar refractivity (Wildman–Crippen MR) is 133 cm³/mol. The van der Waals surface area contributed by atoms with Crippen molar-refractivity contribution in [3.05, 3.63) is 104 Å². The first-order valence-corrected chi connectivity index (χ1v) is 12.0. The van der Waals surface area contributed by atoms with E-state index in [4.69, 9.17) is 0 Å². The highest BCUT2D eigenvalue weighted by molar-refractivity contribution is 14.1. The van der Waals surface area contributed by atoms with Crippen LogP contribution in [0, 0.1) is 3.57 Å². The molecule has 0 saturated carbocycles. The Balaban J connectivity index is 1.38. The number of para-hydroxylation sites is 1. The van der Waals surface area contributed by atoms with E-state index < -0.39 is 0 Å². The van der Waals surface area contributed by atoms with Gasteiger partial charge in [0.05, 0.1) is 11.1 Å². The van der Waals surface area contributed by atoms with Gasteiger partial charge in [-0.1, -0.05) is 42.5 Å². The van der Waals surface area contributed by atoms with Crippen molar-refractivity contribution in [1.29, 1.82) is 0 Å². The van der Waals surface area contributed by atoms with E-state index in [1.807, 2.05) is 12.1 Å². The first-order chi connectivity index (χ1) is 15.6. The Morgan fingerprint density at radius 3 is 2.22 bits per heavy atom. The largest absolute Gasteiger partial charge is 0.340 e. The van der Waals surface area contributed by atoms with Crippen LogP contribution < -0.4 is 0 Å². The number of amides is 2. The van der Waals surface area contributed by atoms with Crippen molar-refractivity contribution >= 4 is 45.3 Å². The number of nitrogens with zero attached hydrogens (tertiary/aromatic N) is 2. The average Bonchev–Trinajstić information content (AvgIpc) is 3.27. The summed E-state index contributed by atoms with van der Waals surface area (Å²) in [4.78, 5) is 27.6. The Labute approximate surface area is 200 Å². The van der Waals surface area contributed by atoms with E-state index in [0.717, 1.165) is 19.4 Å². The van der Waals surface area contributed by atoms with Crippen molar-refractivity contribution in [3.63, 3.8) is 0 Å². The third kappa shape index (κ3) is 3.02. The van der Waals surface area contributed by atoms with E-state index in [9.17, 15) is 9.59 Å². The fourth-order valence-electron chi connectivity index (χ4n) is 5.30. The molecule has 0 radical (unpaired) electrons. The molecule has 6 rings (SSSR count). The second kappa shape index (κ2) is 7.59. The maximum Gasteiger partial charge on any atom is 0.261 e. The summed E-state index contributed by atoms with van der Waals surface area (Å²) in [5.41, 5.74) is 6.17. The van der Waals surface area contributed by atoms with E-state index in [-0.39, 0.29) is 17.9 Å². The summed E-state index contributed by atoms with van der Waals surface area (Å²) < 4.78 is 3.65. The van der Waals surface area contributed by atoms with Gasteiger partial charge in [0.2, 0.25) is 0 Å². The maximum absolute atomic E-state index is 13.1. The minimum absolute atomic E-state index is 0.104. The van der Waals surface area contributed by atoms with E-state index in [1.165, 1.54) is 36.2 Å². The van der Waals surface area contributed by atoms with E-state index in [2.05, 4.69) is 75.7 Å². The number of imide groups is 1. The van der Waals surface area contributed by atoms with Crippen LogP contribution in [0.15, 0.2) is 72.8 Å². The molecule has 3 aromatic carbocycles. The summed E-state index contributed by atoms with van der Waals surface area (Å²) in [7, 11) is 0. The summed E-state index contributed by atoms with van der Waals surface area (Å²) in [6.07, 6.45) is 2.36. The molecule has 4 nitrogen and oxygen atoms in total. The summed E-state index contributed by atoms with van der Waals surface area (Å²) in [6, 6.07) is 24.2. The molecule has 0 spiro atoms. The summed E-state index contributed by atoms with van der Waals surface area (Å²) in [5, 5.41) is 1.23. The van der Waals surface area contributed by atoms with E-state index in [1.54, 1.807) is 12.1 Å². The third-order valence-electron chi connectivity index (χ3n) is 6.79. The Kier molecular flexibility index (Phi) is 4.68. The Morgan fingerprint density at radius 1 is 0.844 bits per heavy atom. The van der Waals surface area contributed by atoms with Crippen LogP contribution in [-0.2, 0) is 19.4 Å². The number of halogens is 1. The fourth-order valence-corrected chi connectivity index (χ4v) is 5.66. The lowest BCUT2D eigenvalue weighted by Gasteiger charge is -2.30. The molecule has 1 aliphatic heterocycles. The lowest BCUT2D eigenvalue weighted by molar-refractivity contribution is 0.0570. The number of carbonyl (C=O) groups is 2. The SMILES string of the molecule is O=C1c2ccccc2C(=O)N1[C@H]1CCc2c(c3ccccc3n2Cc2ccc(I)cc2)C1. The number of hydrogen-bond donors (Lipinski definition) is 0. The predicted octanol–water partition coefficient (Wildman–Crippen LogP) is 5.45. The molecule has 0 bridgehead atoms. The summed E-state index contributed by atoms with van der Waals surface area (Å²) in [5.74, 6) is -0.302. The topological polar surface area (TPSA) is 42.3 Å². The molecule has 5 heteroatoms. The minimum Gasteiger partial charge on any atom is -0.340 e. The smallest absolute Gasteiger partial charge is 0.261 e. The zero-order valence-electron chi connectivity index (χ0n) is 17.4. The summed E-state index contributed by atoms with van der Waals surface area (Å²) >= 11 is 2.33. The number of fused-ring (bicyclic) bond motifs is 4. The number of rotatable bonds is 3. The molecule has 0 N–H and O–H groups in total. The molecule has 0 unspecified atom stereocenters. The van der Waals surface area contributed by atoms with Gasteiger partial charge in [-0.2, -0.15) is 0 Å². The fraction of sp³-hybridized carbons (Fsp3) is 0.185. The highest BCUT2D eigenvalue weighted by Gasteiger charge is 2.41. The average molecular weight is 532 g/mol. The van der Waals surface area contributed by atoms with Gasteiger partial charge in [0.25, 0.3) is 11.8 Å². The molecule has 1 aromatic heterocycles. The second-order valence-electron chi connectivity index (χ2n) is 8.58. The molecule has 1 atom stereocenters. The molecular formula is C27H21IN2O2. The lowest BCUT2D eigenvalue weighted by atomic mass is 9.90. The summed E-state index contributed by atoms with van der Waals surface area (Å²) in [6.45, 7) is 0.824. The van der Waals surface area contributed by atoms with Crippen LogP contribution in [0.2, 0.25) is 0 Å². The maximum atomic E-state index is 13.1. The van der Waals surface area contributed by atoms with Crippen molar-refractivity contribution in [2.45, 2.75) is 31.8 Å². The molecule has 0 saturated heterocycles. The highest BCUT2D eigenvalue weighted by Crippen LogP contribution is 2.36. The first kappa shape index (κ1) is 19.7. The van der Waals surface area contributed by atoms with Gasteiger partial charge in [-0.15, -0.1) is 0 Å². The monoisotopic (exact) mass is 532 g/mol. The highest BCUT2D eigenvalue weighted by atomic mass is 127. The zero-order chi connectivity index (χ0) is 21.8. The van der Waals surface area contributed by atoms with Gasteiger partial charge in [0, 0.05) is 32.8 Å². The molecule has 2 heterocycles. The zero-order valence-corrected chi connectivity index (χ0v) is 19.6. The molecular weight excluding hydrogens is 511 g/mol. The normalized spacial score (nSPS) is 17.7. The van der Waals surface area contributed by atoms with Crippen LogP contribution >= 0.6 is 22.6 Å². The Bertz CT molecular complexity index is 1350. The van der Waals surface area contributed by atoms with Crippen molar-refractivity contribution in [1.82, 2.24) is 9.47 Å². The van der Waals surface area contributed by atoms with Crippen LogP contribution in [0.25, 0.3) is 10.9 Å². The molecule has 158 valence electrons. The lowest BCUT2D eigenvalue weighted by Crippen LogP contribution is -2.43. The number of aromatic nitrogens is 1. The molecule has 4 aromatic rings. The van der Waals surface area contributed by atoms with Crippen LogP contribution in [-0.4, -0.2) is 27.3 Å². The van der Waals surface area contributed by atoms with Crippen LogP contribution in [0.3, 0.4) is 0 Å². The van der Waals surface area contributed by atoms with Crippen molar-refractivity contribution in [2.24, 2.45) is 0 Å². The molecule has 2 aliphatic rings. The van der Waals surface area contributed by atoms with Gasteiger partial charge < -0.3 is 4.57 Å². The standard InChI is InChI=1S/C27H21IN2O2/c28-18-11-9-17(10-12-18)16-29-24-8-4-3-5-20(24)23-15-19(13-14-25(23)29)30-26(31)21-6-1-2-7-22(21)27(30)32/h1-12,19H,13-16H2/t19-/m0/s1. The van der Waals surface area contributed by atoms with Crippen LogP contribution in [0.1, 0.15) is 44.0 Å². The third-order valence-corrected chi connectivity index (χ3v) is 7.51. The minimum atomic E-state index is -0.151. The van der Waals surface area contributed by atoms with Gasteiger partial charge >= 0.3 is 0 Å². The van der Waals surface area contributed by atoms with E-state index >= 15 is 0 Å². The van der Waals surface area contributed by atoms with Gasteiger partial charge in [-0.05, 0) is 83.3 Å². The van der Waals surface area contributed by atoms with Crippen molar-refractivity contribution in [2.75, 3.05) is 0 Å². The Morgan fingerprint density at radius 2 is 1.50 bits per heavy atom. The van der Waals surface area contributed by atoms with Crippen molar-refractivity contribution < 1.29 is 9.59 Å². The van der Waals surface area contributed by atoms with Gasteiger partial charge in [-0.25, -0.2) is 0 Å². The van der Waals surface area contributed by atoms with Crippen LogP contribution in [0.4, 0.5) is 0 Å². The molecule has 0 fully saturated rings. The number of carbonyl (C=O) groups excluding carboxylic acids is 2. The van der Waals surface area contributed by atoms with Gasteiger partial charge in [0.15, 0.2) is 0 Å². The molecule has 1 aliphatic carbocycles. The van der Waals surface area contributed by atoms with Gasteiger partial charge in [-0.3, -0.25) is 14.5 Å². The van der Waals surface area contributed by atoms with E-state index in [0.29, 0.717) is 17.5 Å². The second-order valence-corrected chi connectivity index (χ2v) is 9.82. The Hall–Kier alpha value is -2.93. The van der Waals surface area contributed by atoms with Crippen molar-refractivity contribution in [3.8, 4) is 0 Å². The quantitative estimate of drug-likeness (QED) is 0.260. The number of hydrogen-bond acceptors (Lipinski definition) is 2. The molecule has 2 amide bonds. The first-order valence-electron chi connectivity index (χ1n) is 10.9. The number of benzene rings is 3. The van der Waals surface area contributed by atoms with Crippen LogP contribution in [0.5, 0.6) is 0 Å². The van der Waals surface area contributed by atoms with Gasteiger partial charge in [0.1, 0.15) is 0 Å². The molecule has 32 heavy (non-hydrogen) atoms.